The van der Waals surface area contributed by atoms with Crippen molar-refractivity contribution >= 4 is 11.9 Å². The van der Waals surface area contributed by atoms with Gasteiger partial charge in [-0.3, -0.25) is 4.79 Å². The summed E-state index contributed by atoms with van der Waals surface area (Å²) in [6, 6.07) is 13.2. The van der Waals surface area contributed by atoms with Gasteiger partial charge in [0, 0.05) is 18.2 Å². The number of carbonyl (C=O) groups excluding carboxylic acids is 1. The van der Waals surface area contributed by atoms with Crippen molar-refractivity contribution < 1.29 is 23.8 Å². The molecule has 1 saturated carbocycles. The van der Waals surface area contributed by atoms with E-state index in [1.54, 1.807) is 30.3 Å². The van der Waals surface area contributed by atoms with E-state index < -0.39 is 12.6 Å². The lowest BCUT2D eigenvalue weighted by atomic mass is 10.1. The number of carboxylic acid groups (broad SMARTS) is 1. The summed E-state index contributed by atoms with van der Waals surface area (Å²) < 4.78 is 18.6. The second-order valence-corrected chi connectivity index (χ2v) is 7.03. The molecule has 5 nitrogen and oxygen atoms in total. The molecule has 2 aromatic carbocycles. The Hall–Kier alpha value is -2.89. The van der Waals surface area contributed by atoms with E-state index in [1.807, 2.05) is 11.0 Å². The maximum Gasteiger partial charge on any atom is 0.341 e. The lowest BCUT2D eigenvalue weighted by molar-refractivity contribution is -0.139. The predicted octanol–water partition coefficient (Wildman–Crippen LogP) is 3.92. The number of rotatable bonds is 8. The number of carbonyl (C=O) groups is 2. The molecule has 28 heavy (non-hydrogen) atoms. The number of aliphatic carboxylic acids is 1. The molecule has 0 bridgehead atoms. The molecule has 1 aliphatic rings. The first-order valence-corrected chi connectivity index (χ1v) is 9.53. The normalized spacial score (nSPS) is 14.0. The van der Waals surface area contributed by atoms with Crippen LogP contribution >= 0.6 is 0 Å². The molecule has 1 aliphatic carbocycles. The molecule has 3 rings (SSSR count). The molecule has 0 unspecified atom stereocenters. The van der Waals surface area contributed by atoms with Crippen molar-refractivity contribution in [2.75, 3.05) is 13.2 Å². The van der Waals surface area contributed by atoms with E-state index in [0.29, 0.717) is 24.3 Å². The number of carboxylic acids is 1. The van der Waals surface area contributed by atoms with Crippen molar-refractivity contribution in [2.45, 2.75) is 38.1 Å². The van der Waals surface area contributed by atoms with E-state index in [-0.39, 0.29) is 17.8 Å². The molecule has 0 saturated heterocycles. The largest absolute Gasteiger partial charge is 0.482 e. The summed E-state index contributed by atoms with van der Waals surface area (Å²) >= 11 is 0. The van der Waals surface area contributed by atoms with E-state index in [4.69, 9.17) is 9.84 Å². The summed E-state index contributed by atoms with van der Waals surface area (Å²) in [6.45, 7) is 0.0523. The zero-order valence-electron chi connectivity index (χ0n) is 15.6. The van der Waals surface area contributed by atoms with E-state index >= 15 is 0 Å². The molecule has 6 heteroatoms. The predicted molar refractivity (Wildman–Crippen MR) is 103 cm³/mol. The summed E-state index contributed by atoms with van der Waals surface area (Å²) in [7, 11) is 0. The van der Waals surface area contributed by atoms with Gasteiger partial charge in [-0.15, -0.1) is 0 Å². The first-order chi connectivity index (χ1) is 13.5. The molecule has 0 atom stereocenters. The fourth-order valence-electron chi connectivity index (χ4n) is 3.64. The van der Waals surface area contributed by atoms with Gasteiger partial charge in [0.15, 0.2) is 6.61 Å². The lowest BCUT2D eigenvalue weighted by Crippen LogP contribution is -2.40. The zero-order valence-corrected chi connectivity index (χ0v) is 15.6. The molecule has 1 N–H and O–H groups in total. The summed E-state index contributed by atoms with van der Waals surface area (Å²) in [5, 5.41) is 8.76. The first kappa shape index (κ1) is 19.9. The third-order valence-electron chi connectivity index (χ3n) is 5.00. The van der Waals surface area contributed by atoms with Crippen LogP contribution < -0.4 is 4.74 Å². The van der Waals surface area contributed by atoms with Crippen molar-refractivity contribution in [1.29, 1.82) is 0 Å². The Balaban J connectivity index is 1.75. The molecular weight excluding hydrogens is 361 g/mol. The lowest BCUT2D eigenvalue weighted by Gasteiger charge is -2.29. The van der Waals surface area contributed by atoms with Crippen LogP contribution in [-0.4, -0.2) is 41.1 Å². The zero-order chi connectivity index (χ0) is 19.9. The average molecular weight is 385 g/mol. The summed E-state index contributed by atoms with van der Waals surface area (Å²) in [5.74, 6) is -1.10. The van der Waals surface area contributed by atoms with Gasteiger partial charge in [0.25, 0.3) is 5.91 Å². The van der Waals surface area contributed by atoms with Crippen molar-refractivity contribution in [3.8, 4) is 5.75 Å². The summed E-state index contributed by atoms with van der Waals surface area (Å²) in [4.78, 5) is 25.8. The maximum atomic E-state index is 13.5. The molecular formula is C22H24FNO4. The Bertz CT molecular complexity index is 833. The number of amides is 1. The highest BCUT2D eigenvalue weighted by Crippen LogP contribution is 2.26. The Morgan fingerprint density at radius 3 is 2.57 bits per heavy atom. The van der Waals surface area contributed by atoms with E-state index in [0.717, 1.165) is 31.2 Å². The fourth-order valence-corrected chi connectivity index (χ4v) is 3.64. The highest BCUT2D eigenvalue weighted by atomic mass is 19.1. The minimum atomic E-state index is -1.07. The Morgan fingerprint density at radius 2 is 1.86 bits per heavy atom. The molecule has 0 aliphatic heterocycles. The Labute approximate surface area is 163 Å². The van der Waals surface area contributed by atoms with E-state index in [9.17, 15) is 14.0 Å². The number of halogens is 1. The maximum absolute atomic E-state index is 13.5. The summed E-state index contributed by atoms with van der Waals surface area (Å²) in [5.41, 5.74) is 1.32. The van der Waals surface area contributed by atoms with Crippen LogP contribution in [0.1, 0.15) is 41.6 Å². The molecule has 148 valence electrons. The van der Waals surface area contributed by atoms with Crippen LogP contribution in [-0.2, 0) is 11.2 Å². The monoisotopic (exact) mass is 385 g/mol. The van der Waals surface area contributed by atoms with Gasteiger partial charge in [0.2, 0.25) is 0 Å². The Morgan fingerprint density at radius 1 is 1.11 bits per heavy atom. The van der Waals surface area contributed by atoms with Crippen LogP contribution in [0.15, 0.2) is 48.5 Å². The Kier molecular flexibility index (Phi) is 6.63. The van der Waals surface area contributed by atoms with Gasteiger partial charge in [-0.2, -0.15) is 0 Å². The molecule has 0 heterocycles. The average Bonchev–Trinajstić information content (AvgIpc) is 3.21. The molecule has 0 spiro atoms. The summed E-state index contributed by atoms with van der Waals surface area (Å²) in [6.07, 6.45) is 4.69. The van der Waals surface area contributed by atoms with Crippen molar-refractivity contribution in [3.63, 3.8) is 0 Å². The molecule has 2 aromatic rings. The SMILES string of the molecule is O=C(O)COc1cccc(C(=O)N(CCc2cccc(F)c2)C2CCCC2)c1. The minimum absolute atomic E-state index is 0.107. The number of benzene rings is 2. The van der Waals surface area contributed by atoms with Crippen molar-refractivity contribution in [3.05, 3.63) is 65.5 Å². The third kappa shape index (κ3) is 5.31. The first-order valence-electron chi connectivity index (χ1n) is 9.53. The van der Waals surface area contributed by atoms with E-state index in [2.05, 4.69) is 0 Å². The van der Waals surface area contributed by atoms with Crippen molar-refractivity contribution in [2.24, 2.45) is 0 Å². The molecule has 1 amide bonds. The van der Waals surface area contributed by atoms with Crippen LogP contribution in [0.3, 0.4) is 0 Å². The van der Waals surface area contributed by atoms with Crippen LogP contribution in [0.2, 0.25) is 0 Å². The number of nitrogens with zero attached hydrogens (tertiary/aromatic N) is 1. The van der Waals surface area contributed by atoms with Crippen LogP contribution in [0.5, 0.6) is 5.75 Å². The second-order valence-electron chi connectivity index (χ2n) is 7.03. The van der Waals surface area contributed by atoms with Gasteiger partial charge in [0.05, 0.1) is 0 Å². The number of hydrogen-bond acceptors (Lipinski definition) is 3. The van der Waals surface area contributed by atoms with Gasteiger partial charge in [-0.25, -0.2) is 9.18 Å². The van der Waals surface area contributed by atoms with Gasteiger partial charge in [-0.1, -0.05) is 31.0 Å². The van der Waals surface area contributed by atoms with Crippen LogP contribution in [0, 0.1) is 5.82 Å². The van der Waals surface area contributed by atoms with E-state index in [1.165, 1.54) is 12.1 Å². The quantitative estimate of drug-likeness (QED) is 0.748. The fraction of sp³-hybridized carbons (Fsp3) is 0.364. The number of hydrogen-bond donors (Lipinski definition) is 1. The van der Waals surface area contributed by atoms with Gasteiger partial charge < -0.3 is 14.7 Å². The van der Waals surface area contributed by atoms with Gasteiger partial charge >= 0.3 is 5.97 Å². The van der Waals surface area contributed by atoms with Gasteiger partial charge in [0.1, 0.15) is 11.6 Å². The highest BCUT2D eigenvalue weighted by Gasteiger charge is 2.27. The van der Waals surface area contributed by atoms with Crippen molar-refractivity contribution in [1.82, 2.24) is 4.90 Å². The molecule has 0 radical (unpaired) electrons. The smallest absolute Gasteiger partial charge is 0.341 e. The third-order valence-corrected chi connectivity index (χ3v) is 5.00. The highest BCUT2D eigenvalue weighted by molar-refractivity contribution is 5.94. The standard InChI is InChI=1S/C22H24FNO4/c23-18-7-3-5-16(13-18)11-12-24(19-8-1-2-9-19)22(27)17-6-4-10-20(14-17)28-15-21(25)26/h3-7,10,13-14,19H,1-2,8-9,11-12,15H2,(H,25,26). The topological polar surface area (TPSA) is 66.8 Å². The number of ether oxygens (including phenoxy) is 1. The van der Waals surface area contributed by atoms with Gasteiger partial charge in [-0.05, 0) is 55.2 Å². The molecule has 0 aromatic heterocycles. The second kappa shape index (κ2) is 9.35. The van der Waals surface area contributed by atoms with Crippen LogP contribution in [0.4, 0.5) is 4.39 Å². The molecule has 1 fully saturated rings. The van der Waals surface area contributed by atoms with Crippen LogP contribution in [0.25, 0.3) is 0 Å². The minimum Gasteiger partial charge on any atom is -0.482 e.